The zero-order valence-corrected chi connectivity index (χ0v) is 18.4. The standard InChI is InChI=1S/C22H23Cl2N3O2/c1-14-9-18(10-15(2)21(14)24)29-13-16-5-7-17(8-6-16)22(28)26(3)12-20-19(23)11-25-27(20)4/h5-11H,12-13H2,1-4H3. The minimum Gasteiger partial charge on any atom is -0.489 e. The van der Waals surface area contributed by atoms with Crippen molar-refractivity contribution < 1.29 is 9.53 Å². The van der Waals surface area contributed by atoms with E-state index in [-0.39, 0.29) is 5.91 Å². The van der Waals surface area contributed by atoms with E-state index in [1.807, 2.05) is 38.1 Å². The fourth-order valence-electron chi connectivity index (χ4n) is 3.03. The first-order chi connectivity index (χ1) is 13.8. The van der Waals surface area contributed by atoms with Crippen molar-refractivity contribution in [2.75, 3.05) is 7.05 Å². The zero-order valence-electron chi connectivity index (χ0n) is 16.9. The highest BCUT2D eigenvalue weighted by Gasteiger charge is 2.16. The lowest BCUT2D eigenvalue weighted by molar-refractivity contribution is 0.0782. The van der Waals surface area contributed by atoms with Gasteiger partial charge in [0.25, 0.3) is 5.91 Å². The second kappa shape index (κ2) is 8.89. The van der Waals surface area contributed by atoms with E-state index in [4.69, 9.17) is 27.9 Å². The van der Waals surface area contributed by atoms with Crippen LogP contribution in [-0.2, 0) is 20.2 Å². The molecule has 0 aliphatic rings. The molecule has 0 aliphatic heterocycles. The predicted octanol–water partition coefficient (Wildman–Crippen LogP) is 5.19. The van der Waals surface area contributed by atoms with Crippen molar-refractivity contribution in [1.29, 1.82) is 0 Å². The lowest BCUT2D eigenvalue weighted by Crippen LogP contribution is -2.27. The van der Waals surface area contributed by atoms with Gasteiger partial charge in [-0.05, 0) is 54.8 Å². The van der Waals surface area contributed by atoms with Crippen LogP contribution in [0.3, 0.4) is 0 Å². The number of rotatable bonds is 6. The van der Waals surface area contributed by atoms with E-state index in [9.17, 15) is 4.79 Å². The molecule has 0 radical (unpaired) electrons. The number of carbonyl (C=O) groups is 1. The molecule has 0 saturated heterocycles. The Morgan fingerprint density at radius 1 is 1.14 bits per heavy atom. The quantitative estimate of drug-likeness (QED) is 0.538. The van der Waals surface area contributed by atoms with Crippen molar-refractivity contribution in [3.63, 3.8) is 0 Å². The minimum atomic E-state index is -0.0846. The summed E-state index contributed by atoms with van der Waals surface area (Å²) < 4.78 is 7.55. The Labute approximate surface area is 180 Å². The van der Waals surface area contributed by atoms with Gasteiger partial charge in [0.1, 0.15) is 12.4 Å². The monoisotopic (exact) mass is 431 g/mol. The summed E-state index contributed by atoms with van der Waals surface area (Å²) in [5, 5.41) is 5.41. The van der Waals surface area contributed by atoms with Crippen LogP contribution in [0.25, 0.3) is 0 Å². The number of hydrogen-bond acceptors (Lipinski definition) is 3. The molecule has 0 aliphatic carbocycles. The maximum atomic E-state index is 12.7. The lowest BCUT2D eigenvalue weighted by atomic mass is 10.1. The van der Waals surface area contributed by atoms with Gasteiger partial charge < -0.3 is 9.64 Å². The van der Waals surface area contributed by atoms with Gasteiger partial charge in [0.15, 0.2) is 0 Å². The van der Waals surface area contributed by atoms with Crippen LogP contribution in [0.15, 0.2) is 42.6 Å². The first-order valence-electron chi connectivity index (χ1n) is 9.16. The zero-order chi connectivity index (χ0) is 21.1. The molecular weight excluding hydrogens is 409 g/mol. The highest BCUT2D eigenvalue weighted by Crippen LogP contribution is 2.26. The number of aromatic nitrogens is 2. The molecular formula is C22H23Cl2N3O2. The molecule has 3 rings (SSSR count). The number of nitrogens with zero attached hydrogens (tertiary/aromatic N) is 3. The highest BCUT2D eigenvalue weighted by molar-refractivity contribution is 6.32. The van der Waals surface area contributed by atoms with E-state index in [1.165, 1.54) is 0 Å². The minimum absolute atomic E-state index is 0.0846. The molecule has 0 unspecified atom stereocenters. The van der Waals surface area contributed by atoms with Crippen molar-refractivity contribution in [2.24, 2.45) is 7.05 Å². The van der Waals surface area contributed by atoms with Gasteiger partial charge in [0.05, 0.1) is 23.5 Å². The van der Waals surface area contributed by atoms with Crippen LogP contribution in [0.2, 0.25) is 10.0 Å². The van der Waals surface area contributed by atoms with Crippen molar-refractivity contribution in [3.8, 4) is 5.75 Å². The lowest BCUT2D eigenvalue weighted by Gasteiger charge is -2.18. The van der Waals surface area contributed by atoms with Gasteiger partial charge >= 0.3 is 0 Å². The summed E-state index contributed by atoms with van der Waals surface area (Å²) in [6.07, 6.45) is 1.58. The van der Waals surface area contributed by atoms with Crippen LogP contribution in [0.4, 0.5) is 0 Å². The van der Waals surface area contributed by atoms with Crippen molar-refractivity contribution in [3.05, 3.63) is 80.6 Å². The SMILES string of the molecule is Cc1cc(OCc2ccc(C(=O)N(C)Cc3c(Cl)cnn3C)cc2)cc(C)c1Cl. The van der Waals surface area contributed by atoms with E-state index in [0.29, 0.717) is 23.7 Å². The van der Waals surface area contributed by atoms with E-state index < -0.39 is 0 Å². The highest BCUT2D eigenvalue weighted by atomic mass is 35.5. The molecule has 152 valence electrons. The summed E-state index contributed by atoms with van der Waals surface area (Å²) in [7, 11) is 3.55. The molecule has 3 aromatic rings. The van der Waals surface area contributed by atoms with E-state index >= 15 is 0 Å². The molecule has 29 heavy (non-hydrogen) atoms. The second-order valence-electron chi connectivity index (χ2n) is 7.08. The van der Waals surface area contributed by atoms with Crippen molar-refractivity contribution in [2.45, 2.75) is 27.0 Å². The Morgan fingerprint density at radius 2 is 1.76 bits per heavy atom. The number of carbonyl (C=O) groups excluding carboxylic acids is 1. The van der Waals surface area contributed by atoms with Gasteiger partial charge in [0, 0.05) is 24.7 Å². The summed E-state index contributed by atoms with van der Waals surface area (Å²) in [6.45, 7) is 4.71. The summed E-state index contributed by atoms with van der Waals surface area (Å²) in [5.41, 5.74) is 4.34. The van der Waals surface area contributed by atoms with Gasteiger partial charge in [0.2, 0.25) is 0 Å². The molecule has 2 aromatic carbocycles. The first kappa shape index (κ1) is 21.2. The molecule has 5 nitrogen and oxygen atoms in total. The van der Waals surface area contributed by atoms with Gasteiger partial charge in [-0.15, -0.1) is 0 Å². The molecule has 0 N–H and O–H groups in total. The Balaban J connectivity index is 1.63. The summed E-state index contributed by atoms with van der Waals surface area (Å²) in [6, 6.07) is 11.3. The Bertz CT molecular complexity index is 987. The molecule has 0 atom stereocenters. The number of aryl methyl sites for hydroxylation is 3. The van der Waals surface area contributed by atoms with Crippen LogP contribution in [0.1, 0.15) is 32.7 Å². The third kappa shape index (κ3) is 4.92. The molecule has 0 fully saturated rings. The van der Waals surface area contributed by atoms with E-state index in [1.54, 1.807) is 42.0 Å². The molecule has 1 amide bonds. The number of benzene rings is 2. The fourth-order valence-corrected chi connectivity index (χ4v) is 3.37. The van der Waals surface area contributed by atoms with Crippen LogP contribution in [0, 0.1) is 13.8 Å². The maximum Gasteiger partial charge on any atom is 0.253 e. The summed E-state index contributed by atoms with van der Waals surface area (Å²) in [4.78, 5) is 14.3. The van der Waals surface area contributed by atoms with Crippen LogP contribution in [0.5, 0.6) is 5.75 Å². The van der Waals surface area contributed by atoms with E-state index in [0.717, 1.165) is 33.2 Å². The average Bonchev–Trinajstić information content (AvgIpc) is 3.02. The van der Waals surface area contributed by atoms with Gasteiger partial charge in [-0.3, -0.25) is 9.48 Å². The molecule has 0 bridgehead atoms. The van der Waals surface area contributed by atoms with Crippen LogP contribution >= 0.6 is 23.2 Å². The Hall–Kier alpha value is -2.50. The second-order valence-corrected chi connectivity index (χ2v) is 7.87. The molecule has 1 aromatic heterocycles. The number of ether oxygens (including phenoxy) is 1. The van der Waals surface area contributed by atoms with Gasteiger partial charge in [-0.25, -0.2) is 0 Å². The van der Waals surface area contributed by atoms with Crippen LogP contribution < -0.4 is 4.74 Å². The topological polar surface area (TPSA) is 47.4 Å². The van der Waals surface area contributed by atoms with E-state index in [2.05, 4.69) is 5.10 Å². The number of amides is 1. The fraction of sp³-hybridized carbons (Fsp3) is 0.273. The summed E-state index contributed by atoms with van der Waals surface area (Å²) >= 11 is 12.3. The third-order valence-corrected chi connectivity index (χ3v) is 5.67. The number of halogens is 2. The Morgan fingerprint density at radius 3 is 2.31 bits per heavy atom. The molecule has 7 heteroatoms. The average molecular weight is 432 g/mol. The first-order valence-corrected chi connectivity index (χ1v) is 9.92. The van der Waals surface area contributed by atoms with Gasteiger partial charge in [-0.2, -0.15) is 5.10 Å². The van der Waals surface area contributed by atoms with Crippen LogP contribution in [-0.4, -0.2) is 27.6 Å². The molecule has 0 spiro atoms. The third-order valence-electron chi connectivity index (χ3n) is 4.76. The van der Waals surface area contributed by atoms with Crippen molar-refractivity contribution >= 4 is 29.1 Å². The van der Waals surface area contributed by atoms with Crippen molar-refractivity contribution in [1.82, 2.24) is 14.7 Å². The normalized spacial score (nSPS) is 10.8. The molecule has 1 heterocycles. The number of hydrogen-bond donors (Lipinski definition) is 0. The van der Waals surface area contributed by atoms with Gasteiger partial charge in [-0.1, -0.05) is 35.3 Å². The largest absolute Gasteiger partial charge is 0.489 e. The maximum absolute atomic E-state index is 12.7. The predicted molar refractivity (Wildman–Crippen MR) is 116 cm³/mol. The summed E-state index contributed by atoms with van der Waals surface area (Å²) in [5.74, 6) is 0.691. The smallest absolute Gasteiger partial charge is 0.253 e. The Kier molecular flexibility index (Phi) is 6.50. The molecule has 0 saturated carbocycles.